The van der Waals surface area contributed by atoms with Crippen LogP contribution >= 0.6 is 0 Å². The fourth-order valence-corrected chi connectivity index (χ4v) is 2.66. The zero-order valence-corrected chi connectivity index (χ0v) is 11.0. The van der Waals surface area contributed by atoms with Crippen LogP contribution in [-0.2, 0) is 0 Å². The fourth-order valence-electron chi connectivity index (χ4n) is 2.66. The molecule has 1 unspecified atom stereocenters. The van der Waals surface area contributed by atoms with Crippen molar-refractivity contribution in [3.8, 4) is 0 Å². The summed E-state index contributed by atoms with van der Waals surface area (Å²) in [4.78, 5) is 2.50. The van der Waals surface area contributed by atoms with Crippen molar-refractivity contribution in [1.29, 1.82) is 0 Å². The van der Waals surface area contributed by atoms with Crippen LogP contribution in [0.15, 0.2) is 36.4 Å². The highest BCUT2D eigenvalue weighted by molar-refractivity contribution is 5.48. The lowest BCUT2D eigenvalue weighted by Crippen LogP contribution is -2.40. The van der Waals surface area contributed by atoms with Gasteiger partial charge in [-0.1, -0.05) is 48.9 Å². The standard InChI is InChI=1S/C16H23NO/c18-14-11-16-10-4-5-12-17(16)13-6-9-15-7-2-1-3-8-15/h1-3,6-9,16,18H,4-5,10-14H2. The Labute approximate surface area is 110 Å². The first kappa shape index (κ1) is 13.3. The first-order valence-corrected chi connectivity index (χ1v) is 6.96. The number of rotatable bonds is 5. The van der Waals surface area contributed by atoms with E-state index in [9.17, 15) is 0 Å². The van der Waals surface area contributed by atoms with E-state index in [1.165, 1.54) is 31.4 Å². The van der Waals surface area contributed by atoms with Gasteiger partial charge < -0.3 is 5.11 Å². The number of hydrogen-bond donors (Lipinski definition) is 1. The van der Waals surface area contributed by atoms with E-state index in [2.05, 4.69) is 41.3 Å². The van der Waals surface area contributed by atoms with Gasteiger partial charge in [-0.2, -0.15) is 0 Å². The second-order valence-corrected chi connectivity index (χ2v) is 4.97. The van der Waals surface area contributed by atoms with E-state index in [0.717, 1.165) is 13.0 Å². The number of hydrogen-bond acceptors (Lipinski definition) is 2. The van der Waals surface area contributed by atoms with Crippen LogP contribution in [0.1, 0.15) is 31.2 Å². The molecule has 0 spiro atoms. The third-order valence-electron chi connectivity index (χ3n) is 3.66. The largest absolute Gasteiger partial charge is 0.396 e. The first-order chi connectivity index (χ1) is 8.90. The predicted molar refractivity (Wildman–Crippen MR) is 76.4 cm³/mol. The van der Waals surface area contributed by atoms with E-state index in [4.69, 9.17) is 5.11 Å². The summed E-state index contributed by atoms with van der Waals surface area (Å²) >= 11 is 0. The molecule has 2 rings (SSSR count). The molecular weight excluding hydrogens is 222 g/mol. The molecule has 1 aromatic rings. The molecule has 98 valence electrons. The minimum atomic E-state index is 0.309. The normalized spacial score (nSPS) is 21.5. The maximum absolute atomic E-state index is 9.10. The molecule has 1 heterocycles. The third kappa shape index (κ3) is 3.97. The van der Waals surface area contributed by atoms with Gasteiger partial charge in [-0.15, -0.1) is 0 Å². The highest BCUT2D eigenvalue weighted by Crippen LogP contribution is 2.19. The number of aliphatic hydroxyl groups excluding tert-OH is 1. The van der Waals surface area contributed by atoms with Gasteiger partial charge in [0.15, 0.2) is 0 Å². The van der Waals surface area contributed by atoms with Crippen molar-refractivity contribution in [1.82, 2.24) is 4.90 Å². The van der Waals surface area contributed by atoms with Crippen LogP contribution in [0.5, 0.6) is 0 Å². The van der Waals surface area contributed by atoms with Crippen LogP contribution in [0, 0.1) is 0 Å². The molecule has 1 aliphatic heterocycles. The summed E-state index contributed by atoms with van der Waals surface area (Å²) < 4.78 is 0. The summed E-state index contributed by atoms with van der Waals surface area (Å²) in [5.74, 6) is 0. The van der Waals surface area contributed by atoms with Crippen molar-refractivity contribution in [3.63, 3.8) is 0 Å². The summed E-state index contributed by atoms with van der Waals surface area (Å²) in [6.45, 7) is 2.48. The molecule has 1 atom stereocenters. The van der Waals surface area contributed by atoms with Crippen molar-refractivity contribution in [2.45, 2.75) is 31.7 Å². The van der Waals surface area contributed by atoms with Crippen molar-refractivity contribution in [3.05, 3.63) is 42.0 Å². The zero-order valence-electron chi connectivity index (χ0n) is 11.0. The molecule has 2 heteroatoms. The lowest BCUT2D eigenvalue weighted by molar-refractivity contribution is 0.132. The molecule has 0 aliphatic carbocycles. The Hall–Kier alpha value is -1.12. The van der Waals surface area contributed by atoms with Crippen LogP contribution in [0.4, 0.5) is 0 Å². The second kappa shape index (κ2) is 7.34. The average Bonchev–Trinajstić information content (AvgIpc) is 2.42. The molecule has 0 saturated carbocycles. The number of likely N-dealkylation sites (tertiary alicyclic amines) is 1. The van der Waals surface area contributed by atoms with E-state index in [0.29, 0.717) is 12.6 Å². The van der Waals surface area contributed by atoms with Crippen molar-refractivity contribution >= 4 is 6.08 Å². The minimum absolute atomic E-state index is 0.309. The number of piperidine rings is 1. The lowest BCUT2D eigenvalue weighted by Gasteiger charge is -2.34. The molecule has 0 radical (unpaired) electrons. The van der Waals surface area contributed by atoms with Crippen LogP contribution in [0.2, 0.25) is 0 Å². The Kier molecular flexibility index (Phi) is 5.43. The van der Waals surface area contributed by atoms with Gasteiger partial charge >= 0.3 is 0 Å². The molecule has 2 nitrogen and oxygen atoms in total. The van der Waals surface area contributed by atoms with Gasteiger partial charge in [0.2, 0.25) is 0 Å². The van der Waals surface area contributed by atoms with Gasteiger partial charge in [0.05, 0.1) is 0 Å². The van der Waals surface area contributed by atoms with Crippen molar-refractivity contribution < 1.29 is 5.11 Å². The van der Waals surface area contributed by atoms with Gasteiger partial charge in [-0.05, 0) is 31.4 Å². The molecule has 0 amide bonds. The third-order valence-corrected chi connectivity index (χ3v) is 3.66. The number of benzene rings is 1. The van der Waals surface area contributed by atoms with E-state index in [1.54, 1.807) is 0 Å². The molecule has 1 fully saturated rings. The Morgan fingerprint density at radius 1 is 1.22 bits per heavy atom. The predicted octanol–water partition coefficient (Wildman–Crippen LogP) is 2.94. The molecular formula is C16H23NO. The summed E-state index contributed by atoms with van der Waals surface area (Å²) in [7, 11) is 0. The average molecular weight is 245 g/mol. The molecule has 1 aliphatic rings. The highest BCUT2D eigenvalue weighted by Gasteiger charge is 2.20. The lowest BCUT2D eigenvalue weighted by atomic mass is 9.99. The summed E-state index contributed by atoms with van der Waals surface area (Å²) in [5.41, 5.74) is 1.26. The molecule has 0 aromatic heterocycles. The van der Waals surface area contributed by atoms with Crippen LogP contribution in [0.25, 0.3) is 6.08 Å². The smallest absolute Gasteiger partial charge is 0.0445 e. The van der Waals surface area contributed by atoms with E-state index in [1.807, 2.05) is 6.07 Å². The first-order valence-electron chi connectivity index (χ1n) is 6.96. The topological polar surface area (TPSA) is 23.5 Å². The van der Waals surface area contributed by atoms with Gasteiger partial charge in [0.25, 0.3) is 0 Å². The zero-order chi connectivity index (χ0) is 12.6. The Balaban J connectivity index is 1.86. The van der Waals surface area contributed by atoms with Crippen molar-refractivity contribution in [2.24, 2.45) is 0 Å². The molecule has 18 heavy (non-hydrogen) atoms. The molecule has 0 bridgehead atoms. The van der Waals surface area contributed by atoms with Crippen LogP contribution in [0.3, 0.4) is 0 Å². The monoisotopic (exact) mass is 245 g/mol. The Morgan fingerprint density at radius 3 is 2.83 bits per heavy atom. The van der Waals surface area contributed by atoms with Gasteiger partial charge in [-0.25, -0.2) is 0 Å². The van der Waals surface area contributed by atoms with E-state index in [-0.39, 0.29) is 0 Å². The highest BCUT2D eigenvalue weighted by atomic mass is 16.3. The molecule has 1 saturated heterocycles. The quantitative estimate of drug-likeness (QED) is 0.862. The minimum Gasteiger partial charge on any atom is -0.396 e. The SMILES string of the molecule is OCCC1CCCCN1CC=Cc1ccccc1. The number of nitrogens with zero attached hydrogens (tertiary/aromatic N) is 1. The maximum Gasteiger partial charge on any atom is 0.0445 e. The Bertz CT molecular complexity index is 359. The molecule has 1 N–H and O–H groups in total. The number of aliphatic hydroxyl groups is 1. The molecule has 1 aromatic carbocycles. The fraction of sp³-hybridized carbons (Fsp3) is 0.500. The van der Waals surface area contributed by atoms with E-state index >= 15 is 0 Å². The summed E-state index contributed by atoms with van der Waals surface area (Å²) in [6, 6.07) is 11.0. The van der Waals surface area contributed by atoms with E-state index < -0.39 is 0 Å². The Morgan fingerprint density at radius 2 is 2.06 bits per heavy atom. The van der Waals surface area contributed by atoms with Gasteiger partial charge in [0.1, 0.15) is 0 Å². The van der Waals surface area contributed by atoms with Crippen LogP contribution < -0.4 is 0 Å². The van der Waals surface area contributed by atoms with Crippen molar-refractivity contribution in [2.75, 3.05) is 19.7 Å². The second-order valence-electron chi connectivity index (χ2n) is 4.97. The van der Waals surface area contributed by atoms with Gasteiger partial charge in [-0.3, -0.25) is 4.90 Å². The maximum atomic E-state index is 9.10. The summed E-state index contributed by atoms with van der Waals surface area (Å²) in [6.07, 6.45) is 9.18. The summed E-state index contributed by atoms with van der Waals surface area (Å²) in [5, 5.41) is 9.10. The van der Waals surface area contributed by atoms with Gasteiger partial charge in [0, 0.05) is 19.2 Å². The van der Waals surface area contributed by atoms with Crippen LogP contribution in [-0.4, -0.2) is 35.7 Å².